The van der Waals surface area contributed by atoms with Crippen molar-refractivity contribution in [2.75, 3.05) is 46.5 Å². The summed E-state index contributed by atoms with van der Waals surface area (Å²) in [6, 6.07) is 13.0. The molecule has 0 aromatic heterocycles. The van der Waals surface area contributed by atoms with E-state index < -0.39 is 17.7 Å². The number of aliphatic hydroxyl groups is 1. The molecular weight excluding hydrogens is 444 g/mol. The van der Waals surface area contributed by atoms with E-state index in [1.54, 1.807) is 49.6 Å². The molecule has 2 aromatic rings. The molecule has 2 saturated heterocycles. The molecule has 2 fully saturated rings. The predicted molar refractivity (Wildman–Crippen MR) is 125 cm³/mol. The summed E-state index contributed by atoms with van der Waals surface area (Å²) in [4.78, 5) is 30.0. The van der Waals surface area contributed by atoms with E-state index in [0.29, 0.717) is 48.1 Å². The zero-order valence-electron chi connectivity index (χ0n) is 18.5. The van der Waals surface area contributed by atoms with E-state index >= 15 is 0 Å². The van der Waals surface area contributed by atoms with Crippen LogP contribution in [-0.2, 0) is 14.3 Å². The number of carbonyl (C=O) groups excluding carboxylic acids is 2. The van der Waals surface area contributed by atoms with Crippen molar-refractivity contribution in [3.63, 3.8) is 0 Å². The van der Waals surface area contributed by atoms with E-state index in [0.717, 1.165) is 19.6 Å². The van der Waals surface area contributed by atoms with Gasteiger partial charge in [0.05, 0.1) is 31.9 Å². The summed E-state index contributed by atoms with van der Waals surface area (Å²) in [5, 5.41) is 11.5. The van der Waals surface area contributed by atoms with Gasteiger partial charge in [-0.15, -0.1) is 0 Å². The fourth-order valence-corrected chi connectivity index (χ4v) is 4.56. The van der Waals surface area contributed by atoms with E-state index in [2.05, 4.69) is 4.90 Å². The first-order valence-corrected chi connectivity index (χ1v) is 11.4. The minimum Gasteiger partial charge on any atom is -0.507 e. The Hall–Kier alpha value is -2.87. The molecule has 0 bridgehead atoms. The van der Waals surface area contributed by atoms with Crippen LogP contribution in [0.1, 0.15) is 23.6 Å². The fourth-order valence-electron chi connectivity index (χ4n) is 4.32. The SMILES string of the molecule is COc1ccc(C(O)=C2C(=O)C(=O)N(CCCN3CCOCC3)[C@H]2c2ccccc2Cl)cc1. The number of morpholine rings is 1. The summed E-state index contributed by atoms with van der Waals surface area (Å²) in [5.74, 6) is -0.939. The highest BCUT2D eigenvalue weighted by Crippen LogP contribution is 2.41. The zero-order chi connectivity index (χ0) is 23.4. The van der Waals surface area contributed by atoms with Crippen LogP contribution in [-0.4, -0.2) is 73.1 Å². The van der Waals surface area contributed by atoms with Crippen LogP contribution in [0.4, 0.5) is 0 Å². The fraction of sp³-hybridized carbons (Fsp3) is 0.360. The molecule has 0 saturated carbocycles. The van der Waals surface area contributed by atoms with E-state index in [1.165, 1.54) is 4.90 Å². The number of hydrogen-bond donors (Lipinski definition) is 1. The van der Waals surface area contributed by atoms with Crippen molar-refractivity contribution in [2.24, 2.45) is 0 Å². The van der Waals surface area contributed by atoms with Gasteiger partial charge in [-0.2, -0.15) is 0 Å². The number of aliphatic hydroxyl groups excluding tert-OH is 1. The van der Waals surface area contributed by atoms with Gasteiger partial charge in [0.1, 0.15) is 11.5 Å². The number of hydrogen-bond acceptors (Lipinski definition) is 6. The molecule has 8 heteroatoms. The van der Waals surface area contributed by atoms with Crippen LogP contribution in [0.2, 0.25) is 5.02 Å². The molecule has 0 aliphatic carbocycles. The third kappa shape index (κ3) is 4.90. The minimum atomic E-state index is -0.759. The highest BCUT2D eigenvalue weighted by Gasteiger charge is 2.46. The van der Waals surface area contributed by atoms with Gasteiger partial charge < -0.3 is 19.5 Å². The Bertz CT molecular complexity index is 1050. The average Bonchev–Trinajstić information content (AvgIpc) is 3.09. The lowest BCUT2D eigenvalue weighted by Crippen LogP contribution is -2.39. The Morgan fingerprint density at radius 1 is 1.09 bits per heavy atom. The number of likely N-dealkylation sites (tertiary alicyclic amines) is 1. The molecule has 0 spiro atoms. The molecule has 174 valence electrons. The smallest absolute Gasteiger partial charge is 0.295 e. The summed E-state index contributed by atoms with van der Waals surface area (Å²) < 4.78 is 10.6. The normalized spacial score (nSPS) is 20.9. The number of halogens is 1. The van der Waals surface area contributed by atoms with Crippen molar-refractivity contribution >= 4 is 29.1 Å². The highest BCUT2D eigenvalue weighted by atomic mass is 35.5. The van der Waals surface area contributed by atoms with Crippen LogP contribution in [0.15, 0.2) is 54.1 Å². The van der Waals surface area contributed by atoms with Gasteiger partial charge in [-0.1, -0.05) is 29.8 Å². The molecule has 7 nitrogen and oxygen atoms in total. The monoisotopic (exact) mass is 470 g/mol. The minimum absolute atomic E-state index is 0.0460. The van der Waals surface area contributed by atoms with Crippen molar-refractivity contribution in [2.45, 2.75) is 12.5 Å². The topological polar surface area (TPSA) is 79.3 Å². The second kappa shape index (κ2) is 10.4. The second-order valence-corrected chi connectivity index (χ2v) is 8.46. The third-order valence-electron chi connectivity index (χ3n) is 6.08. The Balaban J connectivity index is 1.67. The molecule has 0 unspecified atom stereocenters. The van der Waals surface area contributed by atoms with Crippen LogP contribution >= 0.6 is 11.6 Å². The van der Waals surface area contributed by atoms with Crippen molar-refractivity contribution in [1.29, 1.82) is 0 Å². The van der Waals surface area contributed by atoms with Crippen LogP contribution < -0.4 is 4.74 Å². The summed E-state index contributed by atoms with van der Waals surface area (Å²) in [6.45, 7) is 4.27. The lowest BCUT2D eigenvalue weighted by molar-refractivity contribution is -0.140. The average molecular weight is 471 g/mol. The first-order valence-electron chi connectivity index (χ1n) is 11.0. The number of methoxy groups -OCH3 is 1. The van der Waals surface area contributed by atoms with E-state index in [-0.39, 0.29) is 11.3 Å². The van der Waals surface area contributed by atoms with Gasteiger partial charge in [0.15, 0.2) is 0 Å². The van der Waals surface area contributed by atoms with Gasteiger partial charge in [-0.3, -0.25) is 14.5 Å². The lowest BCUT2D eigenvalue weighted by atomic mass is 9.95. The number of carbonyl (C=O) groups is 2. The zero-order valence-corrected chi connectivity index (χ0v) is 19.3. The first-order chi connectivity index (χ1) is 16.0. The Morgan fingerprint density at radius 3 is 2.45 bits per heavy atom. The van der Waals surface area contributed by atoms with Gasteiger partial charge in [-0.25, -0.2) is 0 Å². The number of Topliss-reactive ketones (excluding diaryl/α,β-unsaturated/α-hetero) is 1. The molecular formula is C25H27ClN2O5. The standard InChI is InChI=1S/C25H27ClN2O5/c1-32-18-9-7-17(8-10-18)23(29)21-22(19-5-2-3-6-20(19)26)28(25(31)24(21)30)12-4-11-27-13-15-33-16-14-27/h2-3,5-10,22,29H,4,11-16H2,1H3/t22-/m0/s1. The van der Waals surface area contributed by atoms with Crippen molar-refractivity contribution in [3.8, 4) is 5.75 Å². The number of amides is 1. The maximum atomic E-state index is 13.1. The molecule has 4 rings (SSSR count). The summed E-state index contributed by atoms with van der Waals surface area (Å²) in [6.07, 6.45) is 0.691. The van der Waals surface area contributed by atoms with E-state index in [1.807, 2.05) is 6.07 Å². The lowest BCUT2D eigenvalue weighted by Gasteiger charge is -2.29. The predicted octanol–water partition coefficient (Wildman–Crippen LogP) is 3.49. The Morgan fingerprint density at radius 2 is 1.79 bits per heavy atom. The van der Waals surface area contributed by atoms with Crippen LogP contribution in [0, 0.1) is 0 Å². The van der Waals surface area contributed by atoms with Crippen molar-refractivity contribution in [1.82, 2.24) is 9.80 Å². The molecule has 2 aliphatic heterocycles. The largest absolute Gasteiger partial charge is 0.507 e. The number of ketones is 1. The number of nitrogens with zero attached hydrogens (tertiary/aromatic N) is 2. The Kier molecular flexibility index (Phi) is 7.33. The second-order valence-electron chi connectivity index (χ2n) is 8.05. The van der Waals surface area contributed by atoms with E-state index in [4.69, 9.17) is 21.1 Å². The maximum Gasteiger partial charge on any atom is 0.295 e. The molecule has 2 heterocycles. The van der Waals surface area contributed by atoms with Crippen LogP contribution in [0.5, 0.6) is 5.75 Å². The number of benzene rings is 2. The van der Waals surface area contributed by atoms with Gasteiger partial charge in [0.2, 0.25) is 0 Å². The van der Waals surface area contributed by atoms with Gasteiger partial charge in [-0.05, 0) is 42.3 Å². The summed E-state index contributed by atoms with van der Waals surface area (Å²) >= 11 is 6.48. The van der Waals surface area contributed by atoms with Gasteiger partial charge >= 0.3 is 0 Å². The van der Waals surface area contributed by atoms with E-state index in [9.17, 15) is 14.7 Å². The molecule has 1 amide bonds. The molecule has 0 radical (unpaired) electrons. The maximum absolute atomic E-state index is 13.1. The summed E-state index contributed by atoms with van der Waals surface area (Å²) in [5.41, 5.74) is 1.09. The number of ether oxygens (including phenoxy) is 2. The van der Waals surface area contributed by atoms with Crippen LogP contribution in [0.25, 0.3) is 5.76 Å². The molecule has 2 aliphatic rings. The van der Waals surface area contributed by atoms with Gasteiger partial charge in [0, 0.05) is 36.8 Å². The molecule has 1 N–H and O–H groups in total. The van der Waals surface area contributed by atoms with Crippen molar-refractivity contribution in [3.05, 3.63) is 70.3 Å². The third-order valence-corrected chi connectivity index (χ3v) is 6.42. The molecule has 1 atom stereocenters. The summed E-state index contributed by atoms with van der Waals surface area (Å²) in [7, 11) is 1.55. The molecule has 33 heavy (non-hydrogen) atoms. The van der Waals surface area contributed by atoms with Crippen molar-refractivity contribution < 1.29 is 24.2 Å². The quantitative estimate of drug-likeness (QED) is 0.379. The number of rotatable bonds is 7. The first kappa shape index (κ1) is 23.3. The highest BCUT2D eigenvalue weighted by molar-refractivity contribution is 6.47. The molecule has 2 aromatic carbocycles. The van der Waals surface area contributed by atoms with Gasteiger partial charge in [0.25, 0.3) is 11.7 Å². The Labute approximate surface area is 198 Å². The van der Waals surface area contributed by atoms with Crippen LogP contribution in [0.3, 0.4) is 0 Å².